The lowest BCUT2D eigenvalue weighted by molar-refractivity contribution is -0.134. The van der Waals surface area contributed by atoms with Crippen LogP contribution in [0.25, 0.3) is 0 Å². The van der Waals surface area contributed by atoms with Crippen molar-refractivity contribution >= 4 is 17.5 Å². The van der Waals surface area contributed by atoms with E-state index in [-0.39, 0.29) is 30.3 Å². The number of carbonyl (C=O) groups excluding carboxylic acids is 3. The second-order valence-corrected chi connectivity index (χ2v) is 8.25. The van der Waals surface area contributed by atoms with E-state index in [9.17, 15) is 14.4 Å². The number of benzene rings is 2. The number of Topliss-reactive ketones (excluding diaryl/α,β-unsaturated/α-hetero) is 2. The zero-order valence-corrected chi connectivity index (χ0v) is 18.4. The molecule has 168 valence electrons. The number of hydrogen-bond acceptors (Lipinski definition) is 6. The first-order chi connectivity index (χ1) is 15.4. The summed E-state index contributed by atoms with van der Waals surface area (Å²) in [6.45, 7) is 1.00. The van der Waals surface area contributed by atoms with E-state index in [1.807, 2.05) is 0 Å². The molecule has 1 spiro atoms. The standard InChI is InChI=1S/C25H27NO6/c1-30-17-7-9-23-19(15-17)21(28)16-25(32-23)11-13-26(14-12-25)24(29)10-8-20(27)18-5-3-4-6-22(18)31-2/h3-7,9,15H,8,10-14,16H2,1-2H3. The van der Waals surface area contributed by atoms with Gasteiger partial charge in [0.2, 0.25) is 5.91 Å². The zero-order chi connectivity index (χ0) is 22.7. The van der Waals surface area contributed by atoms with Gasteiger partial charge < -0.3 is 19.1 Å². The van der Waals surface area contributed by atoms with Crippen LogP contribution >= 0.6 is 0 Å². The Bertz CT molecular complexity index is 1040. The fourth-order valence-corrected chi connectivity index (χ4v) is 4.43. The molecule has 2 aliphatic heterocycles. The molecular weight excluding hydrogens is 410 g/mol. The minimum atomic E-state index is -0.581. The third-order valence-corrected chi connectivity index (χ3v) is 6.30. The maximum atomic E-state index is 12.7. The number of carbonyl (C=O) groups is 3. The SMILES string of the molecule is COc1ccc2c(c1)C(=O)CC1(CCN(C(=O)CCC(=O)c3ccccc3OC)CC1)O2. The Morgan fingerprint density at radius 2 is 1.78 bits per heavy atom. The summed E-state index contributed by atoms with van der Waals surface area (Å²) in [6.07, 6.45) is 1.73. The Hall–Kier alpha value is -3.35. The monoisotopic (exact) mass is 437 g/mol. The maximum Gasteiger partial charge on any atom is 0.223 e. The van der Waals surface area contributed by atoms with E-state index in [4.69, 9.17) is 14.2 Å². The molecule has 32 heavy (non-hydrogen) atoms. The molecule has 1 amide bonds. The van der Waals surface area contributed by atoms with Gasteiger partial charge in [0.25, 0.3) is 0 Å². The summed E-state index contributed by atoms with van der Waals surface area (Å²) in [7, 11) is 3.09. The molecule has 7 nitrogen and oxygen atoms in total. The Labute approximate surface area is 187 Å². The van der Waals surface area contributed by atoms with Crippen LogP contribution in [0.5, 0.6) is 17.2 Å². The van der Waals surface area contributed by atoms with Gasteiger partial charge in [-0.1, -0.05) is 12.1 Å². The number of fused-ring (bicyclic) bond motifs is 1. The minimum Gasteiger partial charge on any atom is -0.497 e. The Morgan fingerprint density at radius 1 is 1.03 bits per heavy atom. The molecule has 1 saturated heterocycles. The highest BCUT2D eigenvalue weighted by Crippen LogP contribution is 2.40. The van der Waals surface area contributed by atoms with Crippen LogP contribution in [0.2, 0.25) is 0 Å². The molecule has 4 rings (SSSR count). The van der Waals surface area contributed by atoms with Crippen molar-refractivity contribution in [2.24, 2.45) is 0 Å². The third-order valence-electron chi connectivity index (χ3n) is 6.30. The lowest BCUT2D eigenvalue weighted by Gasteiger charge is -2.44. The molecule has 0 atom stereocenters. The van der Waals surface area contributed by atoms with Crippen molar-refractivity contribution in [3.63, 3.8) is 0 Å². The quantitative estimate of drug-likeness (QED) is 0.641. The van der Waals surface area contributed by atoms with E-state index in [1.165, 1.54) is 7.11 Å². The van der Waals surface area contributed by atoms with Crippen LogP contribution in [-0.4, -0.2) is 55.3 Å². The normalized spacial score (nSPS) is 16.8. The van der Waals surface area contributed by atoms with E-state index in [1.54, 1.807) is 54.5 Å². The van der Waals surface area contributed by atoms with Gasteiger partial charge in [0.05, 0.1) is 31.8 Å². The zero-order valence-electron chi connectivity index (χ0n) is 18.4. The van der Waals surface area contributed by atoms with Crippen molar-refractivity contribution in [2.45, 2.75) is 37.7 Å². The highest BCUT2D eigenvalue weighted by molar-refractivity contribution is 6.01. The summed E-state index contributed by atoms with van der Waals surface area (Å²) < 4.78 is 16.7. The highest BCUT2D eigenvalue weighted by Gasteiger charge is 2.43. The van der Waals surface area contributed by atoms with Gasteiger partial charge in [-0.3, -0.25) is 14.4 Å². The summed E-state index contributed by atoms with van der Waals surface area (Å²) in [4.78, 5) is 39.8. The van der Waals surface area contributed by atoms with Crippen LogP contribution in [0.1, 0.15) is 52.8 Å². The number of likely N-dealkylation sites (tertiary alicyclic amines) is 1. The number of nitrogens with zero attached hydrogens (tertiary/aromatic N) is 1. The molecule has 2 aromatic rings. The largest absolute Gasteiger partial charge is 0.497 e. The number of para-hydroxylation sites is 1. The van der Waals surface area contributed by atoms with Crippen molar-refractivity contribution in [3.8, 4) is 17.2 Å². The molecule has 0 radical (unpaired) electrons. The maximum absolute atomic E-state index is 12.7. The molecule has 0 N–H and O–H groups in total. The molecule has 7 heteroatoms. The summed E-state index contributed by atoms with van der Waals surface area (Å²) in [5.41, 5.74) is 0.455. The number of ether oxygens (including phenoxy) is 3. The molecule has 0 saturated carbocycles. The fraction of sp³-hybridized carbons (Fsp3) is 0.400. The van der Waals surface area contributed by atoms with Crippen LogP contribution in [0.4, 0.5) is 0 Å². The summed E-state index contributed by atoms with van der Waals surface area (Å²) in [6, 6.07) is 12.3. The molecular formula is C25H27NO6. The first-order valence-electron chi connectivity index (χ1n) is 10.8. The number of piperidine rings is 1. The van der Waals surface area contributed by atoms with Crippen LogP contribution in [-0.2, 0) is 4.79 Å². The molecule has 0 unspecified atom stereocenters. The second kappa shape index (κ2) is 9.02. The predicted molar refractivity (Wildman–Crippen MR) is 118 cm³/mol. The Kier molecular flexibility index (Phi) is 6.17. The molecule has 2 aromatic carbocycles. The first-order valence-corrected chi connectivity index (χ1v) is 10.8. The van der Waals surface area contributed by atoms with E-state index >= 15 is 0 Å². The molecule has 0 bridgehead atoms. The van der Waals surface area contributed by atoms with Crippen LogP contribution in [0.15, 0.2) is 42.5 Å². The van der Waals surface area contributed by atoms with E-state index in [2.05, 4.69) is 0 Å². The van der Waals surface area contributed by atoms with Crippen molar-refractivity contribution in [1.82, 2.24) is 4.90 Å². The molecule has 0 aliphatic carbocycles. The van der Waals surface area contributed by atoms with Gasteiger partial charge in [-0.05, 0) is 30.3 Å². The third kappa shape index (κ3) is 4.33. The summed E-state index contributed by atoms with van der Waals surface area (Å²) in [5, 5.41) is 0. The average molecular weight is 437 g/mol. The van der Waals surface area contributed by atoms with Crippen LogP contribution in [0.3, 0.4) is 0 Å². The summed E-state index contributed by atoms with van der Waals surface area (Å²) >= 11 is 0. The smallest absolute Gasteiger partial charge is 0.223 e. The van der Waals surface area contributed by atoms with Gasteiger partial charge in [0.1, 0.15) is 22.8 Å². The van der Waals surface area contributed by atoms with Gasteiger partial charge in [0.15, 0.2) is 11.6 Å². The average Bonchev–Trinajstić information content (AvgIpc) is 2.82. The van der Waals surface area contributed by atoms with Gasteiger partial charge in [-0.2, -0.15) is 0 Å². The number of methoxy groups -OCH3 is 2. The lowest BCUT2D eigenvalue weighted by atomic mass is 9.82. The van der Waals surface area contributed by atoms with Crippen LogP contribution < -0.4 is 14.2 Å². The van der Waals surface area contributed by atoms with Gasteiger partial charge in [-0.25, -0.2) is 0 Å². The summed E-state index contributed by atoms with van der Waals surface area (Å²) in [5.74, 6) is 1.58. The molecule has 2 heterocycles. The minimum absolute atomic E-state index is 0.0346. The van der Waals surface area contributed by atoms with E-state index in [0.717, 1.165) is 0 Å². The molecule has 1 fully saturated rings. The van der Waals surface area contributed by atoms with Crippen molar-refractivity contribution in [1.29, 1.82) is 0 Å². The van der Waals surface area contributed by atoms with Crippen molar-refractivity contribution in [3.05, 3.63) is 53.6 Å². The fourth-order valence-electron chi connectivity index (χ4n) is 4.43. The number of ketones is 2. The number of rotatable bonds is 6. The van der Waals surface area contributed by atoms with E-state index < -0.39 is 5.60 Å². The first kappa shape index (κ1) is 21.9. The Morgan fingerprint density at radius 3 is 2.50 bits per heavy atom. The lowest BCUT2D eigenvalue weighted by Crippen LogP contribution is -2.52. The van der Waals surface area contributed by atoms with Crippen molar-refractivity contribution in [2.75, 3.05) is 27.3 Å². The van der Waals surface area contributed by atoms with E-state index in [0.29, 0.717) is 60.7 Å². The van der Waals surface area contributed by atoms with Gasteiger partial charge >= 0.3 is 0 Å². The highest BCUT2D eigenvalue weighted by atomic mass is 16.5. The molecule has 2 aliphatic rings. The Balaban J connectivity index is 1.34. The van der Waals surface area contributed by atoms with Gasteiger partial charge in [0, 0.05) is 38.8 Å². The topological polar surface area (TPSA) is 82.1 Å². The number of amides is 1. The second-order valence-electron chi connectivity index (χ2n) is 8.25. The van der Waals surface area contributed by atoms with Crippen molar-refractivity contribution < 1.29 is 28.6 Å². The van der Waals surface area contributed by atoms with Crippen LogP contribution in [0, 0.1) is 0 Å². The van der Waals surface area contributed by atoms with Gasteiger partial charge in [-0.15, -0.1) is 0 Å². The predicted octanol–water partition coefficient (Wildman–Crippen LogP) is 3.69. The number of hydrogen-bond donors (Lipinski definition) is 0. The molecule has 0 aromatic heterocycles.